The molecule has 0 radical (unpaired) electrons. The summed E-state index contributed by atoms with van der Waals surface area (Å²) >= 11 is 0. The average Bonchev–Trinajstić information content (AvgIpc) is 2.33. The van der Waals surface area contributed by atoms with Crippen LogP contribution in [0.4, 0.5) is 14.5 Å². The van der Waals surface area contributed by atoms with Gasteiger partial charge in [-0.1, -0.05) is 18.2 Å². The molecule has 2 aromatic carbocycles. The summed E-state index contributed by atoms with van der Waals surface area (Å²) in [7, 11) is 0. The molecule has 2 rings (SSSR count). The summed E-state index contributed by atoms with van der Waals surface area (Å²) in [5.74, 6) is -2.76. The Balaban J connectivity index is 2.71. The second kappa shape index (κ2) is 4.44. The largest absolute Gasteiger partial charge is 0.399 e. The van der Waals surface area contributed by atoms with Crippen molar-refractivity contribution in [1.29, 1.82) is 0 Å². The van der Waals surface area contributed by atoms with E-state index in [0.29, 0.717) is 5.69 Å². The summed E-state index contributed by atoms with van der Waals surface area (Å²) in [6, 6.07) is 7.99. The molecule has 4 N–H and O–H groups in total. The van der Waals surface area contributed by atoms with Crippen molar-refractivity contribution in [3.63, 3.8) is 0 Å². The molecule has 2 aromatic rings. The van der Waals surface area contributed by atoms with Gasteiger partial charge in [-0.25, -0.2) is 8.78 Å². The van der Waals surface area contributed by atoms with Crippen molar-refractivity contribution < 1.29 is 13.6 Å². The summed E-state index contributed by atoms with van der Waals surface area (Å²) in [6.07, 6.45) is 0. The molecule has 92 valence electrons. The molecular formula is C13H10F2N2O. The third-order valence-corrected chi connectivity index (χ3v) is 2.55. The quantitative estimate of drug-likeness (QED) is 0.801. The fraction of sp³-hybridized carbons (Fsp3) is 0. The summed E-state index contributed by atoms with van der Waals surface area (Å²) in [5.41, 5.74) is 11.3. The number of nitrogens with two attached hydrogens (primary N) is 2. The standard InChI is InChI=1S/C13H10F2N2O/c14-11-3-1-2-9(12(11)15)8-5-4-7(16)6-10(8)13(17)18/h1-6H,16H2,(H2,17,18). The zero-order valence-corrected chi connectivity index (χ0v) is 9.28. The highest BCUT2D eigenvalue weighted by Crippen LogP contribution is 2.28. The molecule has 5 heteroatoms. The SMILES string of the molecule is NC(=O)c1cc(N)ccc1-c1cccc(F)c1F. The number of halogens is 2. The van der Waals surface area contributed by atoms with Crippen LogP contribution in [-0.2, 0) is 0 Å². The summed E-state index contributed by atoms with van der Waals surface area (Å²) in [6.45, 7) is 0. The molecule has 18 heavy (non-hydrogen) atoms. The van der Waals surface area contributed by atoms with Crippen LogP contribution in [0.3, 0.4) is 0 Å². The Kier molecular flexibility index (Phi) is 2.97. The molecule has 1 amide bonds. The zero-order valence-electron chi connectivity index (χ0n) is 9.28. The minimum atomic E-state index is -1.02. The maximum atomic E-state index is 13.7. The number of primary amides is 1. The number of carbonyl (C=O) groups excluding carboxylic acids is 1. The molecule has 0 aliphatic heterocycles. The van der Waals surface area contributed by atoms with Crippen LogP contribution in [0.2, 0.25) is 0 Å². The number of hydrogen-bond donors (Lipinski definition) is 2. The lowest BCUT2D eigenvalue weighted by atomic mass is 9.98. The van der Waals surface area contributed by atoms with E-state index in [-0.39, 0.29) is 16.7 Å². The highest BCUT2D eigenvalue weighted by molar-refractivity contribution is 6.00. The first-order valence-corrected chi connectivity index (χ1v) is 5.14. The first kappa shape index (κ1) is 12.0. The van der Waals surface area contributed by atoms with Gasteiger partial charge in [0.1, 0.15) is 0 Å². The predicted molar refractivity (Wildman–Crippen MR) is 64.7 cm³/mol. The van der Waals surface area contributed by atoms with Crippen molar-refractivity contribution in [3.05, 3.63) is 53.6 Å². The first-order valence-electron chi connectivity index (χ1n) is 5.14. The van der Waals surface area contributed by atoms with Crippen molar-refractivity contribution >= 4 is 11.6 Å². The highest BCUT2D eigenvalue weighted by atomic mass is 19.2. The number of hydrogen-bond acceptors (Lipinski definition) is 2. The fourth-order valence-electron chi connectivity index (χ4n) is 1.71. The zero-order chi connectivity index (χ0) is 13.3. The second-order valence-electron chi connectivity index (χ2n) is 3.77. The second-order valence-corrected chi connectivity index (χ2v) is 3.77. The molecule has 3 nitrogen and oxygen atoms in total. The van der Waals surface area contributed by atoms with E-state index < -0.39 is 17.5 Å². The van der Waals surface area contributed by atoms with Crippen LogP contribution >= 0.6 is 0 Å². The smallest absolute Gasteiger partial charge is 0.249 e. The fourth-order valence-corrected chi connectivity index (χ4v) is 1.71. The molecule has 0 unspecified atom stereocenters. The summed E-state index contributed by atoms with van der Waals surface area (Å²) < 4.78 is 26.8. The maximum Gasteiger partial charge on any atom is 0.249 e. The van der Waals surface area contributed by atoms with Crippen LogP contribution in [0.5, 0.6) is 0 Å². The third kappa shape index (κ3) is 2.02. The molecule has 0 saturated carbocycles. The van der Waals surface area contributed by atoms with Gasteiger partial charge in [-0.2, -0.15) is 0 Å². The maximum absolute atomic E-state index is 13.7. The van der Waals surface area contributed by atoms with Crippen LogP contribution in [0.15, 0.2) is 36.4 Å². The lowest BCUT2D eigenvalue weighted by Crippen LogP contribution is -2.13. The summed E-state index contributed by atoms with van der Waals surface area (Å²) in [4.78, 5) is 11.3. The van der Waals surface area contributed by atoms with Gasteiger partial charge in [0.2, 0.25) is 5.91 Å². The molecule has 0 heterocycles. The molecular weight excluding hydrogens is 238 g/mol. The van der Waals surface area contributed by atoms with Crippen molar-refractivity contribution in [2.24, 2.45) is 5.73 Å². The Hall–Kier alpha value is -2.43. The Labute approximate surface area is 102 Å². The van der Waals surface area contributed by atoms with E-state index in [1.54, 1.807) is 0 Å². The van der Waals surface area contributed by atoms with Gasteiger partial charge in [-0.3, -0.25) is 4.79 Å². The van der Waals surface area contributed by atoms with E-state index in [4.69, 9.17) is 11.5 Å². The van der Waals surface area contributed by atoms with Gasteiger partial charge in [0, 0.05) is 16.8 Å². The van der Waals surface area contributed by atoms with Gasteiger partial charge in [0.25, 0.3) is 0 Å². The number of rotatable bonds is 2. The predicted octanol–water partition coefficient (Wildman–Crippen LogP) is 2.31. The minimum Gasteiger partial charge on any atom is -0.399 e. The van der Waals surface area contributed by atoms with Gasteiger partial charge in [0.05, 0.1) is 0 Å². The number of anilines is 1. The molecule has 0 aliphatic rings. The Morgan fingerprint density at radius 1 is 1.06 bits per heavy atom. The van der Waals surface area contributed by atoms with Crippen LogP contribution in [0.1, 0.15) is 10.4 Å². The minimum absolute atomic E-state index is 0.0243. The van der Waals surface area contributed by atoms with Crippen LogP contribution < -0.4 is 11.5 Å². The van der Waals surface area contributed by atoms with Crippen molar-refractivity contribution in [1.82, 2.24) is 0 Å². The van der Waals surface area contributed by atoms with E-state index in [2.05, 4.69) is 0 Å². The van der Waals surface area contributed by atoms with Crippen molar-refractivity contribution in [2.45, 2.75) is 0 Å². The number of benzene rings is 2. The molecule has 0 bridgehead atoms. The Morgan fingerprint density at radius 3 is 2.44 bits per heavy atom. The molecule has 0 aromatic heterocycles. The molecule has 0 aliphatic carbocycles. The Bertz CT molecular complexity index is 626. The van der Waals surface area contributed by atoms with Crippen LogP contribution in [0.25, 0.3) is 11.1 Å². The van der Waals surface area contributed by atoms with Crippen molar-refractivity contribution in [3.8, 4) is 11.1 Å². The van der Waals surface area contributed by atoms with Crippen molar-refractivity contribution in [2.75, 3.05) is 5.73 Å². The van der Waals surface area contributed by atoms with Crippen LogP contribution in [0, 0.1) is 11.6 Å². The van der Waals surface area contributed by atoms with E-state index in [1.165, 1.54) is 30.3 Å². The third-order valence-electron chi connectivity index (χ3n) is 2.55. The lowest BCUT2D eigenvalue weighted by Gasteiger charge is -2.09. The van der Waals surface area contributed by atoms with Gasteiger partial charge < -0.3 is 11.5 Å². The van der Waals surface area contributed by atoms with E-state index in [0.717, 1.165) is 6.07 Å². The van der Waals surface area contributed by atoms with E-state index in [1.807, 2.05) is 0 Å². The average molecular weight is 248 g/mol. The number of nitrogen functional groups attached to an aromatic ring is 1. The topological polar surface area (TPSA) is 69.1 Å². The van der Waals surface area contributed by atoms with E-state index in [9.17, 15) is 13.6 Å². The van der Waals surface area contributed by atoms with Gasteiger partial charge >= 0.3 is 0 Å². The van der Waals surface area contributed by atoms with Crippen LogP contribution in [-0.4, -0.2) is 5.91 Å². The number of amides is 1. The van der Waals surface area contributed by atoms with Gasteiger partial charge in [-0.15, -0.1) is 0 Å². The molecule has 0 atom stereocenters. The number of carbonyl (C=O) groups is 1. The highest BCUT2D eigenvalue weighted by Gasteiger charge is 2.15. The Morgan fingerprint density at radius 2 is 1.78 bits per heavy atom. The molecule has 0 fully saturated rings. The summed E-state index contributed by atoms with van der Waals surface area (Å²) in [5, 5.41) is 0. The van der Waals surface area contributed by atoms with Gasteiger partial charge in [-0.05, 0) is 23.8 Å². The lowest BCUT2D eigenvalue weighted by molar-refractivity contribution is 0.100. The van der Waals surface area contributed by atoms with E-state index >= 15 is 0 Å². The molecule has 0 saturated heterocycles. The molecule has 0 spiro atoms. The van der Waals surface area contributed by atoms with Gasteiger partial charge in [0.15, 0.2) is 11.6 Å². The monoisotopic (exact) mass is 248 g/mol. The normalized spacial score (nSPS) is 10.3. The first-order chi connectivity index (χ1) is 8.50.